The number of nitrogens with zero attached hydrogens (tertiary/aromatic N) is 4. The minimum absolute atomic E-state index is 0.00614. The van der Waals surface area contributed by atoms with Crippen molar-refractivity contribution in [3.05, 3.63) is 77.9 Å². The molecule has 1 saturated heterocycles. The number of aryl methyl sites for hydroxylation is 1. The number of halogens is 2. The van der Waals surface area contributed by atoms with Crippen LogP contribution < -0.4 is 9.47 Å². The van der Waals surface area contributed by atoms with Crippen molar-refractivity contribution < 1.29 is 32.9 Å². The molecule has 39 heavy (non-hydrogen) atoms. The van der Waals surface area contributed by atoms with E-state index in [1.807, 2.05) is 46.9 Å². The largest absolute Gasteiger partial charge is 0.492 e. The fraction of sp³-hybridized carbons (Fsp3) is 0.429. The van der Waals surface area contributed by atoms with Crippen molar-refractivity contribution in [1.29, 1.82) is 0 Å². The molecule has 11 heteroatoms. The third-order valence-corrected chi connectivity index (χ3v) is 6.54. The smallest absolute Gasteiger partial charge is 0.248 e. The second-order valence-corrected chi connectivity index (χ2v) is 9.71. The third-order valence-electron chi connectivity index (χ3n) is 6.54. The van der Waals surface area contributed by atoms with Crippen molar-refractivity contribution in [2.45, 2.75) is 25.6 Å². The van der Waals surface area contributed by atoms with Crippen LogP contribution in [-0.4, -0.2) is 89.1 Å². The minimum atomic E-state index is -1.47. The lowest BCUT2D eigenvalue weighted by atomic mass is 10.0. The van der Waals surface area contributed by atoms with E-state index in [0.717, 1.165) is 29.3 Å². The van der Waals surface area contributed by atoms with Gasteiger partial charge in [0.05, 0.1) is 13.1 Å². The normalized spacial score (nSPS) is 18.1. The number of β-amino-alcohol motifs (C(OH)–C–C–N with tert-alkyl or cyclic N) is 1. The number of carbonyl (C=O) groups is 1. The molecule has 1 N–H and O–H groups in total. The third kappa shape index (κ3) is 7.98. The molecule has 1 amide bonds. The number of aliphatic hydroxyl groups is 1. The van der Waals surface area contributed by atoms with E-state index in [1.54, 1.807) is 6.20 Å². The molecule has 0 aliphatic carbocycles. The summed E-state index contributed by atoms with van der Waals surface area (Å²) in [6.45, 7) is 4.36. The summed E-state index contributed by atoms with van der Waals surface area (Å²) in [6.07, 6.45) is 3.66. The van der Waals surface area contributed by atoms with Gasteiger partial charge in [0.1, 0.15) is 42.7 Å². The SMILES string of the molecule is COCC(=O)N1CCN(Cc2cccc(OCCn3ccnc3C)c2)C[C@](O)(COc2ccc(F)c(F)c2)C1. The fourth-order valence-electron chi connectivity index (χ4n) is 4.57. The zero-order valence-electron chi connectivity index (χ0n) is 22.2. The monoisotopic (exact) mass is 544 g/mol. The number of aromatic nitrogens is 2. The van der Waals surface area contributed by atoms with E-state index >= 15 is 0 Å². The predicted octanol–water partition coefficient (Wildman–Crippen LogP) is 2.65. The van der Waals surface area contributed by atoms with Gasteiger partial charge in [0.25, 0.3) is 0 Å². The summed E-state index contributed by atoms with van der Waals surface area (Å²) in [7, 11) is 1.44. The van der Waals surface area contributed by atoms with Gasteiger partial charge in [-0.2, -0.15) is 0 Å². The van der Waals surface area contributed by atoms with Crippen LogP contribution in [0.25, 0.3) is 0 Å². The highest BCUT2D eigenvalue weighted by Gasteiger charge is 2.37. The first-order chi connectivity index (χ1) is 18.7. The Kier molecular flexibility index (Phi) is 9.50. The fourth-order valence-corrected chi connectivity index (χ4v) is 4.57. The molecule has 3 aromatic rings. The van der Waals surface area contributed by atoms with Gasteiger partial charge >= 0.3 is 0 Å². The first-order valence-electron chi connectivity index (χ1n) is 12.7. The van der Waals surface area contributed by atoms with Crippen molar-refractivity contribution in [3.63, 3.8) is 0 Å². The molecule has 4 rings (SSSR count). The summed E-state index contributed by atoms with van der Waals surface area (Å²) >= 11 is 0. The maximum Gasteiger partial charge on any atom is 0.248 e. The second-order valence-electron chi connectivity index (χ2n) is 9.71. The number of amides is 1. The number of hydrogen-bond acceptors (Lipinski definition) is 7. The summed E-state index contributed by atoms with van der Waals surface area (Å²) in [5, 5.41) is 11.6. The van der Waals surface area contributed by atoms with Crippen molar-refractivity contribution in [3.8, 4) is 11.5 Å². The van der Waals surface area contributed by atoms with E-state index in [0.29, 0.717) is 32.8 Å². The number of benzene rings is 2. The van der Waals surface area contributed by atoms with Crippen molar-refractivity contribution in [2.75, 3.05) is 53.1 Å². The summed E-state index contributed by atoms with van der Waals surface area (Å²) in [4.78, 5) is 20.4. The number of ether oxygens (including phenoxy) is 3. The Labute approximate surface area is 226 Å². The Hall–Kier alpha value is -3.54. The van der Waals surface area contributed by atoms with Crippen LogP contribution >= 0.6 is 0 Å². The molecule has 1 fully saturated rings. The molecule has 210 valence electrons. The van der Waals surface area contributed by atoms with Gasteiger partial charge in [0, 0.05) is 51.7 Å². The molecular formula is C28H34F2N4O5. The lowest BCUT2D eigenvalue weighted by Crippen LogP contribution is -2.52. The van der Waals surface area contributed by atoms with Crippen molar-refractivity contribution >= 4 is 5.91 Å². The average Bonchev–Trinajstić information content (AvgIpc) is 3.23. The van der Waals surface area contributed by atoms with Crippen LogP contribution in [0.15, 0.2) is 54.9 Å². The zero-order chi connectivity index (χ0) is 27.8. The summed E-state index contributed by atoms with van der Waals surface area (Å²) in [5.74, 6) is -0.540. The van der Waals surface area contributed by atoms with E-state index in [-0.39, 0.29) is 38.0 Å². The summed E-state index contributed by atoms with van der Waals surface area (Å²) in [5.41, 5.74) is -0.492. The van der Waals surface area contributed by atoms with Crippen LogP contribution in [0.3, 0.4) is 0 Å². The van der Waals surface area contributed by atoms with Gasteiger partial charge in [0.15, 0.2) is 11.6 Å². The topological polar surface area (TPSA) is 89.3 Å². The van der Waals surface area contributed by atoms with Gasteiger partial charge in [-0.05, 0) is 36.8 Å². The molecule has 2 aromatic carbocycles. The van der Waals surface area contributed by atoms with Crippen LogP contribution in [-0.2, 0) is 22.6 Å². The van der Waals surface area contributed by atoms with Gasteiger partial charge in [0.2, 0.25) is 5.91 Å². The molecule has 0 radical (unpaired) electrons. The Balaban J connectivity index is 1.42. The molecule has 9 nitrogen and oxygen atoms in total. The minimum Gasteiger partial charge on any atom is -0.492 e. The first-order valence-corrected chi connectivity index (χ1v) is 12.7. The van der Waals surface area contributed by atoms with Crippen LogP contribution in [0.2, 0.25) is 0 Å². The molecule has 1 aliphatic rings. The Bertz CT molecular complexity index is 1260. The van der Waals surface area contributed by atoms with Crippen molar-refractivity contribution in [1.82, 2.24) is 19.4 Å². The number of hydrogen-bond donors (Lipinski definition) is 1. The lowest BCUT2D eigenvalue weighted by molar-refractivity contribution is -0.138. The van der Waals surface area contributed by atoms with E-state index < -0.39 is 17.2 Å². The van der Waals surface area contributed by atoms with E-state index in [4.69, 9.17) is 14.2 Å². The maximum absolute atomic E-state index is 13.7. The highest BCUT2D eigenvalue weighted by atomic mass is 19.2. The molecule has 0 saturated carbocycles. The number of imidazole rings is 1. The molecule has 0 bridgehead atoms. The van der Waals surface area contributed by atoms with Gasteiger partial charge < -0.3 is 28.8 Å². The zero-order valence-corrected chi connectivity index (χ0v) is 22.2. The Morgan fingerprint density at radius 2 is 1.90 bits per heavy atom. The number of rotatable bonds is 11. The van der Waals surface area contributed by atoms with Crippen LogP contribution in [0.5, 0.6) is 11.5 Å². The van der Waals surface area contributed by atoms with Crippen LogP contribution in [0.4, 0.5) is 8.78 Å². The molecule has 0 unspecified atom stereocenters. The van der Waals surface area contributed by atoms with Gasteiger partial charge in [-0.3, -0.25) is 9.69 Å². The number of methoxy groups -OCH3 is 1. The predicted molar refractivity (Wildman–Crippen MR) is 139 cm³/mol. The average molecular weight is 545 g/mol. The van der Waals surface area contributed by atoms with Gasteiger partial charge in [-0.25, -0.2) is 13.8 Å². The van der Waals surface area contributed by atoms with Crippen LogP contribution in [0.1, 0.15) is 11.4 Å². The van der Waals surface area contributed by atoms with Gasteiger partial charge in [-0.15, -0.1) is 0 Å². The maximum atomic E-state index is 13.7. The van der Waals surface area contributed by atoms with Crippen molar-refractivity contribution in [2.24, 2.45) is 0 Å². The highest BCUT2D eigenvalue weighted by molar-refractivity contribution is 5.77. The quantitative estimate of drug-likeness (QED) is 0.397. The van der Waals surface area contributed by atoms with E-state index in [2.05, 4.69) is 4.98 Å². The molecule has 0 spiro atoms. The summed E-state index contributed by atoms with van der Waals surface area (Å²) in [6, 6.07) is 10.9. The molecular weight excluding hydrogens is 510 g/mol. The highest BCUT2D eigenvalue weighted by Crippen LogP contribution is 2.22. The Morgan fingerprint density at radius 1 is 1.08 bits per heavy atom. The van der Waals surface area contributed by atoms with Gasteiger partial charge in [-0.1, -0.05) is 12.1 Å². The standard InChI is InChI=1S/C28H34F2N4O5/c1-21-31-8-9-33(21)12-13-38-23-5-3-4-22(14-23)16-32-10-11-34(27(35)17-37-2)19-28(36,18-32)20-39-24-6-7-25(29)26(30)15-24/h3-9,14-15,36H,10-13,16-20H2,1-2H3/t28-/m1/s1. The lowest BCUT2D eigenvalue weighted by Gasteiger charge is -2.33. The molecule has 1 aliphatic heterocycles. The Morgan fingerprint density at radius 3 is 2.64 bits per heavy atom. The van der Waals surface area contributed by atoms with E-state index in [9.17, 15) is 18.7 Å². The summed E-state index contributed by atoms with van der Waals surface area (Å²) < 4.78 is 45.6. The second kappa shape index (κ2) is 13.0. The van der Waals surface area contributed by atoms with E-state index in [1.165, 1.54) is 18.1 Å². The molecule has 1 aromatic heterocycles. The van der Waals surface area contributed by atoms with Crippen LogP contribution in [0, 0.1) is 18.6 Å². The molecule has 2 heterocycles. The first kappa shape index (κ1) is 28.5. The number of carbonyl (C=O) groups excluding carboxylic acids is 1. The molecule has 1 atom stereocenters.